The van der Waals surface area contributed by atoms with E-state index in [-0.39, 0.29) is 17.1 Å². The number of aromatic nitrogens is 5. The van der Waals surface area contributed by atoms with E-state index in [1.807, 2.05) is 25.1 Å². The van der Waals surface area contributed by atoms with Crippen LogP contribution in [0.2, 0.25) is 0 Å². The van der Waals surface area contributed by atoms with Crippen molar-refractivity contribution in [1.29, 1.82) is 0 Å². The Morgan fingerprint density at radius 2 is 1.97 bits per heavy atom. The minimum Gasteiger partial charge on any atom is -0.295 e. The van der Waals surface area contributed by atoms with Crippen molar-refractivity contribution in [3.8, 4) is 22.5 Å². The lowest BCUT2D eigenvalue weighted by Gasteiger charge is -2.14. The van der Waals surface area contributed by atoms with Gasteiger partial charge in [-0.2, -0.15) is 0 Å². The standard InChI is InChI=1S/C22H19N5O3S/c1-14-4-5-15(11-24-14)19-9-18-21(20(26-19)16-3-2-7-23-10-16)25-13-27(22(18)28)17-6-8-31(29,30)12-17/h2-5,7,9-11,13,17H,6,8,12H2,1H3. The molecule has 9 heteroatoms. The van der Waals surface area contributed by atoms with Crippen LogP contribution in [0, 0.1) is 6.92 Å². The van der Waals surface area contributed by atoms with Gasteiger partial charge in [0.1, 0.15) is 5.52 Å². The highest BCUT2D eigenvalue weighted by Crippen LogP contribution is 2.29. The number of nitrogens with zero attached hydrogens (tertiary/aromatic N) is 5. The first-order valence-electron chi connectivity index (χ1n) is 9.87. The Hall–Kier alpha value is -3.46. The molecule has 0 spiro atoms. The summed E-state index contributed by atoms with van der Waals surface area (Å²) in [4.78, 5) is 31.2. The van der Waals surface area contributed by atoms with E-state index in [4.69, 9.17) is 4.98 Å². The van der Waals surface area contributed by atoms with Gasteiger partial charge in [0, 0.05) is 35.4 Å². The van der Waals surface area contributed by atoms with Gasteiger partial charge in [-0.05, 0) is 43.7 Å². The Balaban J connectivity index is 1.76. The molecule has 1 aliphatic heterocycles. The van der Waals surface area contributed by atoms with E-state index < -0.39 is 15.9 Å². The molecule has 5 rings (SSSR count). The van der Waals surface area contributed by atoms with Crippen LogP contribution in [0.25, 0.3) is 33.4 Å². The molecule has 0 N–H and O–H groups in total. The summed E-state index contributed by atoms with van der Waals surface area (Å²) in [5, 5.41) is 0.385. The second kappa shape index (κ2) is 7.35. The molecule has 0 amide bonds. The third kappa shape index (κ3) is 3.61. The summed E-state index contributed by atoms with van der Waals surface area (Å²) in [5.41, 5.74) is 3.71. The highest BCUT2D eigenvalue weighted by molar-refractivity contribution is 7.91. The van der Waals surface area contributed by atoms with Gasteiger partial charge in [0.2, 0.25) is 0 Å². The molecule has 0 bridgehead atoms. The van der Waals surface area contributed by atoms with Crippen LogP contribution < -0.4 is 5.56 Å². The van der Waals surface area contributed by atoms with Crippen LogP contribution in [-0.2, 0) is 9.84 Å². The summed E-state index contributed by atoms with van der Waals surface area (Å²) < 4.78 is 25.3. The van der Waals surface area contributed by atoms with Gasteiger partial charge in [0.05, 0.1) is 40.6 Å². The number of pyridine rings is 3. The molecule has 4 aromatic rings. The van der Waals surface area contributed by atoms with E-state index in [2.05, 4.69) is 15.0 Å². The zero-order valence-electron chi connectivity index (χ0n) is 16.8. The van der Waals surface area contributed by atoms with E-state index in [1.54, 1.807) is 30.7 Å². The maximum Gasteiger partial charge on any atom is 0.261 e. The van der Waals surface area contributed by atoms with Crippen molar-refractivity contribution in [2.45, 2.75) is 19.4 Å². The van der Waals surface area contributed by atoms with Crippen LogP contribution in [0.3, 0.4) is 0 Å². The van der Waals surface area contributed by atoms with Crippen molar-refractivity contribution in [3.05, 3.63) is 71.3 Å². The number of sulfone groups is 1. The van der Waals surface area contributed by atoms with Crippen molar-refractivity contribution in [3.63, 3.8) is 0 Å². The summed E-state index contributed by atoms with van der Waals surface area (Å²) >= 11 is 0. The molecule has 0 saturated carbocycles. The first-order valence-corrected chi connectivity index (χ1v) is 11.7. The molecule has 1 atom stereocenters. The summed E-state index contributed by atoms with van der Waals surface area (Å²) in [6, 6.07) is 8.75. The lowest BCUT2D eigenvalue weighted by molar-refractivity contribution is 0.534. The minimum atomic E-state index is -3.14. The molecular weight excluding hydrogens is 414 g/mol. The smallest absolute Gasteiger partial charge is 0.261 e. The van der Waals surface area contributed by atoms with Gasteiger partial charge in [-0.1, -0.05) is 0 Å². The fourth-order valence-corrected chi connectivity index (χ4v) is 5.58. The number of rotatable bonds is 3. The molecule has 31 heavy (non-hydrogen) atoms. The van der Waals surface area contributed by atoms with Crippen molar-refractivity contribution in [2.75, 3.05) is 11.5 Å². The lowest BCUT2D eigenvalue weighted by Crippen LogP contribution is -2.26. The SMILES string of the molecule is Cc1ccc(-c2cc3c(=O)n(C4CCS(=O)(=O)C4)cnc3c(-c3cccnc3)n2)cn1. The third-order valence-electron chi connectivity index (χ3n) is 5.51. The first-order chi connectivity index (χ1) is 14.9. The average molecular weight is 433 g/mol. The topological polar surface area (TPSA) is 108 Å². The van der Waals surface area contributed by atoms with E-state index in [0.717, 1.165) is 16.8 Å². The largest absolute Gasteiger partial charge is 0.295 e. The monoisotopic (exact) mass is 433 g/mol. The van der Waals surface area contributed by atoms with Gasteiger partial charge in [-0.15, -0.1) is 0 Å². The lowest BCUT2D eigenvalue weighted by atomic mass is 10.1. The van der Waals surface area contributed by atoms with E-state index in [1.165, 1.54) is 10.9 Å². The van der Waals surface area contributed by atoms with Crippen molar-refractivity contribution in [1.82, 2.24) is 24.5 Å². The van der Waals surface area contributed by atoms with Crippen LogP contribution in [0.4, 0.5) is 0 Å². The fraction of sp³-hybridized carbons (Fsp3) is 0.227. The Morgan fingerprint density at radius 3 is 2.65 bits per heavy atom. The molecule has 1 aliphatic rings. The van der Waals surface area contributed by atoms with Crippen LogP contribution >= 0.6 is 0 Å². The second-order valence-corrected chi connectivity index (χ2v) is 9.92. The average Bonchev–Trinajstić information content (AvgIpc) is 3.14. The van der Waals surface area contributed by atoms with Crippen LogP contribution in [-0.4, -0.2) is 44.4 Å². The first kappa shape index (κ1) is 19.5. The molecule has 5 heterocycles. The molecule has 8 nitrogen and oxygen atoms in total. The summed E-state index contributed by atoms with van der Waals surface area (Å²) in [6.45, 7) is 1.90. The molecule has 1 saturated heterocycles. The normalized spacial score (nSPS) is 17.8. The number of fused-ring (bicyclic) bond motifs is 1. The minimum absolute atomic E-state index is 0.0463. The highest BCUT2D eigenvalue weighted by Gasteiger charge is 2.30. The van der Waals surface area contributed by atoms with Gasteiger partial charge in [-0.25, -0.2) is 18.4 Å². The Bertz CT molecular complexity index is 1450. The Labute approximate surface area is 178 Å². The number of aryl methyl sites for hydroxylation is 1. The van der Waals surface area contributed by atoms with Gasteiger partial charge in [0.15, 0.2) is 9.84 Å². The zero-order valence-corrected chi connectivity index (χ0v) is 17.6. The van der Waals surface area contributed by atoms with Crippen LogP contribution in [0.15, 0.2) is 60.0 Å². The quantitative estimate of drug-likeness (QED) is 0.489. The molecular formula is C22H19N5O3S. The van der Waals surface area contributed by atoms with E-state index >= 15 is 0 Å². The molecule has 1 unspecified atom stereocenters. The molecule has 0 aliphatic carbocycles. The van der Waals surface area contributed by atoms with Crippen molar-refractivity contribution >= 4 is 20.7 Å². The fourth-order valence-electron chi connectivity index (χ4n) is 3.87. The number of hydrogen-bond acceptors (Lipinski definition) is 7. The molecule has 0 aromatic carbocycles. The maximum absolute atomic E-state index is 13.4. The summed E-state index contributed by atoms with van der Waals surface area (Å²) in [6.07, 6.45) is 6.90. The molecule has 156 valence electrons. The zero-order chi connectivity index (χ0) is 21.6. The molecule has 1 fully saturated rings. The Morgan fingerprint density at radius 1 is 1.10 bits per heavy atom. The molecule has 0 radical (unpaired) electrons. The summed E-state index contributed by atoms with van der Waals surface area (Å²) in [5.74, 6) is 0.0368. The van der Waals surface area contributed by atoms with Gasteiger partial charge in [0.25, 0.3) is 5.56 Å². The van der Waals surface area contributed by atoms with E-state index in [9.17, 15) is 13.2 Å². The van der Waals surface area contributed by atoms with E-state index in [0.29, 0.717) is 28.7 Å². The second-order valence-electron chi connectivity index (χ2n) is 7.70. The Kier molecular flexibility index (Phi) is 4.62. The highest BCUT2D eigenvalue weighted by atomic mass is 32.2. The summed E-state index contributed by atoms with van der Waals surface area (Å²) in [7, 11) is -3.14. The maximum atomic E-state index is 13.4. The molecule has 4 aromatic heterocycles. The van der Waals surface area contributed by atoms with Crippen molar-refractivity contribution < 1.29 is 8.42 Å². The number of hydrogen-bond donors (Lipinski definition) is 0. The third-order valence-corrected chi connectivity index (χ3v) is 7.26. The van der Waals surface area contributed by atoms with Crippen LogP contribution in [0.5, 0.6) is 0 Å². The predicted octanol–water partition coefficient (Wildman–Crippen LogP) is 2.58. The predicted molar refractivity (Wildman–Crippen MR) is 117 cm³/mol. The van der Waals surface area contributed by atoms with Crippen molar-refractivity contribution in [2.24, 2.45) is 0 Å². The van der Waals surface area contributed by atoms with Gasteiger partial charge < -0.3 is 0 Å². The van der Waals surface area contributed by atoms with Gasteiger partial charge in [-0.3, -0.25) is 19.3 Å². The van der Waals surface area contributed by atoms with Crippen LogP contribution in [0.1, 0.15) is 18.2 Å². The van der Waals surface area contributed by atoms with Gasteiger partial charge >= 0.3 is 0 Å².